The van der Waals surface area contributed by atoms with Crippen molar-refractivity contribution in [3.63, 3.8) is 0 Å². The molecule has 0 atom stereocenters. The van der Waals surface area contributed by atoms with Crippen LogP contribution in [-0.4, -0.2) is 33.6 Å². The Morgan fingerprint density at radius 1 is 1.30 bits per heavy atom. The van der Waals surface area contributed by atoms with Gasteiger partial charge in [-0.15, -0.1) is 0 Å². The number of amides is 1. The number of rotatable bonds is 4. The Kier molecular flexibility index (Phi) is 4.89. The fraction of sp³-hybridized carbons (Fsp3) is 0.429. The number of carbonyl (C=O) groups excluding carboxylic acids is 1. The molecule has 0 bridgehead atoms. The average molecular weight is 295 g/mol. The van der Waals surface area contributed by atoms with Crippen LogP contribution in [0.15, 0.2) is 18.2 Å². The van der Waals surface area contributed by atoms with Crippen LogP contribution in [-0.2, 0) is 4.79 Å². The lowest BCUT2D eigenvalue weighted by atomic mass is 9.98. The van der Waals surface area contributed by atoms with Crippen LogP contribution >= 0.6 is 11.8 Å². The van der Waals surface area contributed by atoms with E-state index in [1.807, 2.05) is 11.8 Å². The lowest BCUT2D eigenvalue weighted by Crippen LogP contribution is -2.19. The van der Waals surface area contributed by atoms with Gasteiger partial charge >= 0.3 is 5.97 Å². The maximum atomic E-state index is 11.9. The van der Waals surface area contributed by atoms with E-state index >= 15 is 0 Å². The van der Waals surface area contributed by atoms with Crippen LogP contribution in [0.3, 0.4) is 0 Å². The molecular weight excluding hydrogens is 278 g/mol. The number of carboxylic acids is 1. The molecule has 1 saturated heterocycles. The first-order chi connectivity index (χ1) is 9.56. The number of thioether (sulfide) groups is 1. The zero-order valence-corrected chi connectivity index (χ0v) is 11.8. The van der Waals surface area contributed by atoms with Gasteiger partial charge in [-0.1, -0.05) is 0 Å². The molecule has 5 nitrogen and oxygen atoms in total. The summed E-state index contributed by atoms with van der Waals surface area (Å²) >= 11 is 1.92. The van der Waals surface area contributed by atoms with Crippen molar-refractivity contribution in [2.24, 2.45) is 5.92 Å². The minimum atomic E-state index is -1.19. The maximum Gasteiger partial charge on any atom is 0.339 e. The quantitative estimate of drug-likeness (QED) is 0.794. The summed E-state index contributed by atoms with van der Waals surface area (Å²) in [7, 11) is 0. The molecule has 0 radical (unpaired) electrons. The minimum Gasteiger partial charge on any atom is -0.507 e. The SMILES string of the molecule is O=C(CC1CCSCC1)Nc1ccc(C(=O)O)c(O)c1. The van der Waals surface area contributed by atoms with E-state index in [0.717, 1.165) is 24.3 Å². The van der Waals surface area contributed by atoms with E-state index in [1.54, 1.807) is 0 Å². The Balaban J connectivity index is 1.93. The molecule has 1 aliphatic rings. The highest BCUT2D eigenvalue weighted by molar-refractivity contribution is 7.99. The highest BCUT2D eigenvalue weighted by atomic mass is 32.2. The third-order valence-corrected chi connectivity index (χ3v) is 4.38. The van der Waals surface area contributed by atoms with E-state index < -0.39 is 5.97 Å². The van der Waals surface area contributed by atoms with Crippen LogP contribution in [0.5, 0.6) is 5.75 Å². The maximum absolute atomic E-state index is 11.9. The van der Waals surface area contributed by atoms with Crippen molar-refractivity contribution in [3.05, 3.63) is 23.8 Å². The van der Waals surface area contributed by atoms with Gasteiger partial charge in [-0.3, -0.25) is 4.79 Å². The number of aromatic carboxylic acids is 1. The van der Waals surface area contributed by atoms with E-state index in [-0.39, 0.29) is 17.2 Å². The van der Waals surface area contributed by atoms with Gasteiger partial charge in [-0.05, 0) is 42.4 Å². The van der Waals surface area contributed by atoms with Gasteiger partial charge in [0.1, 0.15) is 11.3 Å². The number of aromatic hydroxyl groups is 1. The molecule has 1 aliphatic heterocycles. The van der Waals surface area contributed by atoms with Crippen molar-refractivity contribution in [1.82, 2.24) is 0 Å². The molecule has 1 aromatic carbocycles. The van der Waals surface area contributed by atoms with E-state index in [9.17, 15) is 14.7 Å². The van der Waals surface area contributed by atoms with Crippen LogP contribution in [0.2, 0.25) is 0 Å². The van der Waals surface area contributed by atoms with Crippen LogP contribution in [0.25, 0.3) is 0 Å². The van der Waals surface area contributed by atoms with Gasteiger partial charge in [-0.2, -0.15) is 11.8 Å². The average Bonchev–Trinajstić information content (AvgIpc) is 2.39. The zero-order valence-electron chi connectivity index (χ0n) is 11.0. The summed E-state index contributed by atoms with van der Waals surface area (Å²) in [6.07, 6.45) is 2.59. The number of benzene rings is 1. The van der Waals surface area contributed by atoms with E-state index in [0.29, 0.717) is 18.0 Å². The summed E-state index contributed by atoms with van der Waals surface area (Å²) in [5.74, 6) is 0.995. The Labute approximate surface area is 121 Å². The standard InChI is InChI=1S/C14H17NO4S/c16-12-8-10(1-2-11(12)14(18)19)15-13(17)7-9-3-5-20-6-4-9/h1-2,8-9,16H,3-7H2,(H,15,17)(H,18,19). The van der Waals surface area contributed by atoms with Gasteiger partial charge in [0, 0.05) is 18.2 Å². The normalized spacial score (nSPS) is 15.8. The summed E-state index contributed by atoms with van der Waals surface area (Å²) < 4.78 is 0. The van der Waals surface area contributed by atoms with Crippen molar-refractivity contribution >= 4 is 29.3 Å². The molecule has 0 unspecified atom stereocenters. The summed E-state index contributed by atoms with van der Waals surface area (Å²) in [6.45, 7) is 0. The molecule has 6 heteroatoms. The predicted octanol–water partition coefficient (Wildman–Crippen LogP) is 2.56. The zero-order chi connectivity index (χ0) is 14.5. The van der Waals surface area contributed by atoms with Crippen LogP contribution in [0.4, 0.5) is 5.69 Å². The van der Waals surface area contributed by atoms with E-state index in [2.05, 4.69) is 5.32 Å². The Bertz CT molecular complexity index is 512. The van der Waals surface area contributed by atoms with Crippen molar-refractivity contribution in [3.8, 4) is 5.75 Å². The number of hydrogen-bond acceptors (Lipinski definition) is 4. The van der Waals surface area contributed by atoms with Gasteiger partial charge in [0.15, 0.2) is 0 Å². The summed E-state index contributed by atoms with van der Waals surface area (Å²) in [5.41, 5.74) is 0.245. The van der Waals surface area contributed by atoms with Crippen LogP contribution < -0.4 is 5.32 Å². The van der Waals surface area contributed by atoms with E-state index in [1.165, 1.54) is 18.2 Å². The second-order valence-corrected chi connectivity index (χ2v) is 6.07. The second kappa shape index (κ2) is 6.65. The monoisotopic (exact) mass is 295 g/mol. The summed E-state index contributed by atoms with van der Waals surface area (Å²) in [4.78, 5) is 22.7. The Morgan fingerprint density at radius 2 is 2.00 bits per heavy atom. The molecule has 2 rings (SSSR count). The second-order valence-electron chi connectivity index (χ2n) is 4.85. The number of carbonyl (C=O) groups is 2. The van der Waals surface area contributed by atoms with Crippen molar-refractivity contribution in [2.75, 3.05) is 16.8 Å². The van der Waals surface area contributed by atoms with Crippen LogP contribution in [0, 0.1) is 5.92 Å². The number of phenols is 1. The smallest absolute Gasteiger partial charge is 0.339 e. The highest BCUT2D eigenvalue weighted by Gasteiger charge is 2.18. The van der Waals surface area contributed by atoms with E-state index in [4.69, 9.17) is 5.11 Å². The van der Waals surface area contributed by atoms with Gasteiger partial charge in [0.25, 0.3) is 0 Å². The minimum absolute atomic E-state index is 0.0932. The first-order valence-electron chi connectivity index (χ1n) is 6.50. The largest absolute Gasteiger partial charge is 0.507 e. The van der Waals surface area contributed by atoms with Crippen LogP contribution in [0.1, 0.15) is 29.6 Å². The van der Waals surface area contributed by atoms with Crippen molar-refractivity contribution in [2.45, 2.75) is 19.3 Å². The molecule has 3 N–H and O–H groups in total. The topological polar surface area (TPSA) is 86.6 Å². The number of carboxylic acid groups (broad SMARTS) is 1. The lowest BCUT2D eigenvalue weighted by molar-refractivity contribution is -0.117. The summed E-state index contributed by atoms with van der Waals surface area (Å²) in [5, 5.41) is 21.1. The molecule has 20 heavy (non-hydrogen) atoms. The number of nitrogens with one attached hydrogen (secondary N) is 1. The summed E-state index contributed by atoms with van der Waals surface area (Å²) in [6, 6.07) is 4.03. The van der Waals surface area contributed by atoms with Crippen molar-refractivity contribution in [1.29, 1.82) is 0 Å². The molecule has 0 aromatic heterocycles. The first-order valence-corrected chi connectivity index (χ1v) is 7.65. The van der Waals surface area contributed by atoms with Gasteiger partial charge in [0.2, 0.25) is 5.91 Å². The Morgan fingerprint density at radius 3 is 2.60 bits per heavy atom. The number of anilines is 1. The molecule has 1 fully saturated rings. The molecule has 1 amide bonds. The fourth-order valence-electron chi connectivity index (χ4n) is 2.21. The highest BCUT2D eigenvalue weighted by Crippen LogP contribution is 2.26. The van der Waals surface area contributed by atoms with Gasteiger partial charge < -0.3 is 15.5 Å². The first kappa shape index (κ1) is 14.7. The third kappa shape index (κ3) is 3.90. The molecule has 108 valence electrons. The van der Waals surface area contributed by atoms with Gasteiger partial charge in [0.05, 0.1) is 0 Å². The molecule has 0 aliphatic carbocycles. The third-order valence-electron chi connectivity index (χ3n) is 3.33. The molecule has 1 aromatic rings. The molecule has 1 heterocycles. The predicted molar refractivity (Wildman–Crippen MR) is 78.4 cm³/mol. The molecular formula is C14H17NO4S. The fourth-order valence-corrected chi connectivity index (χ4v) is 3.42. The van der Waals surface area contributed by atoms with Crippen molar-refractivity contribution < 1.29 is 19.8 Å². The molecule has 0 spiro atoms. The van der Waals surface area contributed by atoms with Gasteiger partial charge in [-0.25, -0.2) is 4.79 Å². The Hall–Kier alpha value is -1.69. The number of hydrogen-bond donors (Lipinski definition) is 3. The molecule has 0 saturated carbocycles. The lowest BCUT2D eigenvalue weighted by Gasteiger charge is -2.20.